The first-order valence-corrected chi connectivity index (χ1v) is 8.06. The fraction of sp³-hybridized carbons (Fsp3) is 0.467. The molecule has 0 bridgehead atoms. The van der Waals surface area contributed by atoms with Crippen molar-refractivity contribution >= 4 is 35.2 Å². The predicted molar refractivity (Wildman–Crippen MR) is 83.7 cm³/mol. The number of thioether (sulfide) groups is 1. The Bertz CT molecular complexity index is 544. The Morgan fingerprint density at radius 2 is 1.95 bits per heavy atom. The van der Waals surface area contributed by atoms with Crippen LogP contribution in [-0.4, -0.2) is 27.8 Å². The van der Waals surface area contributed by atoms with Crippen LogP contribution in [0.2, 0.25) is 5.02 Å². The second-order valence-corrected chi connectivity index (χ2v) is 7.34. The molecule has 2 unspecified atom stereocenters. The van der Waals surface area contributed by atoms with Gasteiger partial charge in [0.15, 0.2) is 0 Å². The van der Waals surface area contributed by atoms with Gasteiger partial charge in [-0.1, -0.05) is 11.6 Å². The largest absolute Gasteiger partial charge is 0.480 e. The standard InChI is InChI=1S/C15H18ClNO3S/c1-9(21-12-7-5-11(16)6-8-12)13(18)17-15(2,14(19)20)10-3-4-10/h5-10H,3-4H2,1-2H3,(H,17,18)(H,19,20). The maximum Gasteiger partial charge on any atom is 0.329 e. The molecule has 6 heteroatoms. The van der Waals surface area contributed by atoms with Crippen molar-refractivity contribution in [2.45, 2.75) is 42.4 Å². The second kappa shape index (κ2) is 6.28. The quantitative estimate of drug-likeness (QED) is 0.787. The molecule has 0 radical (unpaired) electrons. The maximum atomic E-state index is 12.2. The first kappa shape index (κ1) is 16.2. The van der Waals surface area contributed by atoms with Crippen LogP contribution in [0.1, 0.15) is 26.7 Å². The van der Waals surface area contributed by atoms with Gasteiger partial charge in [-0.15, -0.1) is 11.8 Å². The number of rotatable bonds is 6. The molecule has 1 amide bonds. The minimum atomic E-state index is -1.16. The molecule has 0 saturated heterocycles. The molecule has 1 aliphatic rings. The van der Waals surface area contributed by atoms with E-state index in [1.165, 1.54) is 11.8 Å². The van der Waals surface area contributed by atoms with E-state index in [1.807, 2.05) is 12.1 Å². The highest BCUT2D eigenvalue weighted by Crippen LogP contribution is 2.40. The molecule has 21 heavy (non-hydrogen) atoms. The van der Waals surface area contributed by atoms with Gasteiger partial charge >= 0.3 is 5.97 Å². The summed E-state index contributed by atoms with van der Waals surface area (Å²) < 4.78 is 0. The number of benzene rings is 1. The van der Waals surface area contributed by atoms with E-state index in [4.69, 9.17) is 11.6 Å². The first-order chi connectivity index (χ1) is 9.83. The summed E-state index contributed by atoms with van der Waals surface area (Å²) in [4.78, 5) is 24.6. The smallest absolute Gasteiger partial charge is 0.329 e. The van der Waals surface area contributed by atoms with Gasteiger partial charge in [-0.25, -0.2) is 4.79 Å². The molecule has 2 rings (SSSR count). The normalized spacial score (nSPS) is 18.6. The molecule has 0 aliphatic heterocycles. The SMILES string of the molecule is CC(Sc1ccc(Cl)cc1)C(=O)NC(C)(C(=O)O)C1CC1. The van der Waals surface area contributed by atoms with Gasteiger partial charge < -0.3 is 10.4 Å². The predicted octanol–water partition coefficient (Wildman–Crippen LogP) is 3.19. The van der Waals surface area contributed by atoms with Crippen molar-refractivity contribution in [2.24, 2.45) is 5.92 Å². The van der Waals surface area contributed by atoms with Crippen molar-refractivity contribution in [3.05, 3.63) is 29.3 Å². The zero-order valence-corrected chi connectivity index (χ0v) is 13.5. The van der Waals surface area contributed by atoms with Gasteiger partial charge in [0, 0.05) is 9.92 Å². The van der Waals surface area contributed by atoms with Crippen LogP contribution in [-0.2, 0) is 9.59 Å². The van der Waals surface area contributed by atoms with Crippen molar-refractivity contribution < 1.29 is 14.7 Å². The molecule has 1 aliphatic carbocycles. The number of carboxylic acids is 1. The molecule has 2 N–H and O–H groups in total. The molecule has 1 fully saturated rings. The van der Waals surface area contributed by atoms with Crippen molar-refractivity contribution in [3.63, 3.8) is 0 Å². The molecule has 2 atom stereocenters. The number of carbonyl (C=O) groups is 2. The lowest BCUT2D eigenvalue weighted by molar-refractivity contribution is -0.147. The van der Waals surface area contributed by atoms with Crippen molar-refractivity contribution in [1.29, 1.82) is 0 Å². The van der Waals surface area contributed by atoms with Crippen LogP contribution in [0.4, 0.5) is 0 Å². The Morgan fingerprint density at radius 3 is 2.43 bits per heavy atom. The maximum absolute atomic E-state index is 12.2. The van der Waals surface area contributed by atoms with Crippen LogP contribution >= 0.6 is 23.4 Å². The topological polar surface area (TPSA) is 66.4 Å². The van der Waals surface area contributed by atoms with E-state index in [-0.39, 0.29) is 17.1 Å². The van der Waals surface area contributed by atoms with Crippen LogP contribution in [0.15, 0.2) is 29.2 Å². The summed E-state index contributed by atoms with van der Waals surface area (Å²) in [7, 11) is 0. The van der Waals surface area contributed by atoms with Gasteiger partial charge in [-0.2, -0.15) is 0 Å². The highest BCUT2D eigenvalue weighted by atomic mass is 35.5. The highest BCUT2D eigenvalue weighted by molar-refractivity contribution is 8.00. The fourth-order valence-corrected chi connectivity index (χ4v) is 3.11. The number of hydrogen-bond donors (Lipinski definition) is 2. The van der Waals surface area contributed by atoms with Crippen LogP contribution in [0.25, 0.3) is 0 Å². The third kappa shape index (κ3) is 3.92. The summed E-state index contributed by atoms with van der Waals surface area (Å²) in [6.07, 6.45) is 1.70. The molecule has 4 nitrogen and oxygen atoms in total. The lowest BCUT2D eigenvalue weighted by atomic mass is 9.96. The van der Waals surface area contributed by atoms with Crippen LogP contribution < -0.4 is 5.32 Å². The summed E-state index contributed by atoms with van der Waals surface area (Å²) in [5.41, 5.74) is -1.16. The number of aliphatic carboxylic acids is 1. The van der Waals surface area contributed by atoms with E-state index < -0.39 is 11.5 Å². The minimum Gasteiger partial charge on any atom is -0.480 e. The average molecular weight is 328 g/mol. The number of amides is 1. The average Bonchev–Trinajstić information content (AvgIpc) is 3.25. The summed E-state index contributed by atoms with van der Waals surface area (Å²) >= 11 is 7.20. The summed E-state index contributed by atoms with van der Waals surface area (Å²) in [5, 5.41) is 12.3. The van der Waals surface area contributed by atoms with Gasteiger partial charge in [-0.3, -0.25) is 4.79 Å². The Hall–Kier alpha value is -1.20. The third-order valence-electron chi connectivity index (χ3n) is 3.72. The van der Waals surface area contributed by atoms with Gasteiger partial charge in [0.05, 0.1) is 5.25 Å². The zero-order chi connectivity index (χ0) is 15.6. The lowest BCUT2D eigenvalue weighted by Gasteiger charge is -2.27. The van der Waals surface area contributed by atoms with Gasteiger partial charge in [-0.05, 0) is 56.9 Å². The van der Waals surface area contributed by atoms with Crippen LogP contribution in [0.3, 0.4) is 0 Å². The number of nitrogens with one attached hydrogen (secondary N) is 1. The van der Waals surface area contributed by atoms with Crippen molar-refractivity contribution in [3.8, 4) is 0 Å². The summed E-state index contributed by atoms with van der Waals surface area (Å²) in [6.45, 7) is 3.36. The highest BCUT2D eigenvalue weighted by Gasteiger charge is 2.48. The van der Waals surface area contributed by atoms with E-state index in [2.05, 4.69) is 5.32 Å². The molecular formula is C15H18ClNO3S. The molecule has 0 spiro atoms. The van der Waals surface area contributed by atoms with E-state index in [9.17, 15) is 14.7 Å². The zero-order valence-electron chi connectivity index (χ0n) is 11.9. The Balaban J connectivity index is 1.98. The van der Waals surface area contributed by atoms with Crippen molar-refractivity contribution in [2.75, 3.05) is 0 Å². The Labute approximate surface area is 133 Å². The van der Waals surface area contributed by atoms with Crippen LogP contribution in [0.5, 0.6) is 0 Å². The molecule has 1 aromatic rings. The Kier molecular flexibility index (Phi) is 4.84. The first-order valence-electron chi connectivity index (χ1n) is 6.80. The van der Waals surface area contributed by atoms with Crippen molar-refractivity contribution in [1.82, 2.24) is 5.32 Å². The van der Waals surface area contributed by atoms with E-state index >= 15 is 0 Å². The summed E-state index contributed by atoms with van der Waals surface area (Å²) in [5.74, 6) is -1.19. The number of carbonyl (C=O) groups excluding carboxylic acids is 1. The molecular weight excluding hydrogens is 310 g/mol. The lowest BCUT2D eigenvalue weighted by Crippen LogP contribution is -2.55. The third-order valence-corrected chi connectivity index (χ3v) is 5.08. The van der Waals surface area contributed by atoms with E-state index in [0.717, 1.165) is 17.7 Å². The number of hydrogen-bond acceptors (Lipinski definition) is 3. The Morgan fingerprint density at radius 1 is 1.38 bits per heavy atom. The molecule has 1 aromatic carbocycles. The second-order valence-electron chi connectivity index (χ2n) is 5.49. The van der Waals surface area contributed by atoms with Crippen LogP contribution in [0, 0.1) is 5.92 Å². The van der Waals surface area contributed by atoms with E-state index in [0.29, 0.717) is 5.02 Å². The molecule has 1 saturated carbocycles. The number of halogens is 1. The molecule has 0 aromatic heterocycles. The molecule has 0 heterocycles. The van der Waals surface area contributed by atoms with Gasteiger partial charge in [0.1, 0.15) is 5.54 Å². The summed E-state index contributed by atoms with van der Waals surface area (Å²) in [6, 6.07) is 7.21. The van der Waals surface area contributed by atoms with Gasteiger partial charge in [0.2, 0.25) is 5.91 Å². The molecule has 114 valence electrons. The van der Waals surface area contributed by atoms with Gasteiger partial charge in [0.25, 0.3) is 0 Å². The fourth-order valence-electron chi connectivity index (χ4n) is 2.12. The minimum absolute atomic E-state index is 0.0340. The number of carboxylic acid groups (broad SMARTS) is 1. The monoisotopic (exact) mass is 327 g/mol. The van der Waals surface area contributed by atoms with E-state index in [1.54, 1.807) is 26.0 Å².